The molecule has 0 spiro atoms. The summed E-state index contributed by atoms with van der Waals surface area (Å²) < 4.78 is 18.6. The molecule has 0 fully saturated rings. The van der Waals surface area contributed by atoms with E-state index in [4.69, 9.17) is 4.74 Å². The molecule has 1 aromatic heterocycles. The zero-order valence-corrected chi connectivity index (χ0v) is 20.7. The monoisotopic (exact) mass is 529 g/mol. The topological polar surface area (TPSA) is 61.8 Å². The van der Waals surface area contributed by atoms with Crippen molar-refractivity contribution in [2.75, 3.05) is 20.1 Å². The normalized spacial score (nSPS) is 11.6. The van der Waals surface area contributed by atoms with Gasteiger partial charge in [-0.15, -0.1) is 24.0 Å². The lowest BCUT2D eigenvalue weighted by atomic mass is 10.2. The molecule has 2 rings (SSSR count). The summed E-state index contributed by atoms with van der Waals surface area (Å²) in [4.78, 5) is 11.0. The van der Waals surface area contributed by atoms with Gasteiger partial charge >= 0.3 is 0 Å². The molecular weight excluding hydrogens is 496 g/mol. The molecule has 0 saturated heterocycles. The number of aromatic nitrogens is 1. The number of hydrogen-bond acceptors (Lipinski definition) is 4. The maximum absolute atomic E-state index is 12.9. The largest absolute Gasteiger partial charge is 0.439 e. The number of guanidine groups is 1. The van der Waals surface area contributed by atoms with Gasteiger partial charge in [0, 0.05) is 51.0 Å². The fraction of sp³-hybridized carbons (Fsp3) is 0.455. The third-order valence-electron chi connectivity index (χ3n) is 4.51. The molecule has 0 amide bonds. The second-order valence-electron chi connectivity index (χ2n) is 7.34. The van der Waals surface area contributed by atoms with Gasteiger partial charge in [0.05, 0.1) is 0 Å². The average molecular weight is 529 g/mol. The van der Waals surface area contributed by atoms with Crippen molar-refractivity contribution < 1.29 is 9.13 Å². The highest BCUT2D eigenvalue weighted by atomic mass is 127. The van der Waals surface area contributed by atoms with Crippen LogP contribution >= 0.6 is 24.0 Å². The van der Waals surface area contributed by atoms with Crippen LogP contribution < -0.4 is 15.4 Å². The first-order valence-electron chi connectivity index (χ1n) is 9.97. The number of hydrogen-bond donors (Lipinski definition) is 2. The Hall–Kier alpha value is -1.94. The molecule has 166 valence electrons. The predicted molar refractivity (Wildman–Crippen MR) is 131 cm³/mol. The van der Waals surface area contributed by atoms with Gasteiger partial charge in [-0.2, -0.15) is 0 Å². The Morgan fingerprint density at radius 3 is 2.27 bits per heavy atom. The van der Waals surface area contributed by atoms with E-state index >= 15 is 0 Å². The lowest BCUT2D eigenvalue weighted by molar-refractivity contribution is 0.178. The molecular formula is C22H33FIN5O. The Morgan fingerprint density at radius 2 is 1.73 bits per heavy atom. The van der Waals surface area contributed by atoms with Crippen molar-refractivity contribution in [1.29, 1.82) is 0 Å². The molecule has 2 N–H and O–H groups in total. The number of nitrogens with one attached hydrogen (secondary N) is 2. The summed E-state index contributed by atoms with van der Waals surface area (Å²) >= 11 is 0. The molecule has 0 unspecified atom stereocenters. The van der Waals surface area contributed by atoms with E-state index in [1.807, 2.05) is 6.07 Å². The fourth-order valence-corrected chi connectivity index (χ4v) is 3.02. The van der Waals surface area contributed by atoms with Crippen LogP contribution in [0.3, 0.4) is 0 Å². The molecule has 2 aromatic rings. The summed E-state index contributed by atoms with van der Waals surface area (Å²) in [7, 11) is 1.76. The third kappa shape index (κ3) is 8.83. The van der Waals surface area contributed by atoms with Crippen molar-refractivity contribution in [3.63, 3.8) is 0 Å². The van der Waals surface area contributed by atoms with E-state index < -0.39 is 0 Å². The zero-order chi connectivity index (χ0) is 21.2. The summed E-state index contributed by atoms with van der Waals surface area (Å²) in [5.41, 5.74) is 1.00. The molecule has 0 radical (unpaired) electrons. The third-order valence-corrected chi connectivity index (χ3v) is 4.51. The Balaban J connectivity index is 0.00000450. The Labute approximate surface area is 196 Å². The summed E-state index contributed by atoms with van der Waals surface area (Å²) in [6, 6.07) is 10.6. The summed E-state index contributed by atoms with van der Waals surface area (Å²) in [6.45, 7) is 11.2. The number of pyridine rings is 1. The maximum Gasteiger partial charge on any atom is 0.219 e. The fourth-order valence-electron chi connectivity index (χ4n) is 3.02. The van der Waals surface area contributed by atoms with Crippen LogP contribution in [0.5, 0.6) is 11.6 Å². The molecule has 0 aliphatic carbocycles. The number of rotatable bonds is 9. The van der Waals surface area contributed by atoms with Crippen LogP contribution in [0.4, 0.5) is 4.39 Å². The number of aliphatic imine (C=N–C) groups is 1. The molecule has 8 heteroatoms. The molecule has 30 heavy (non-hydrogen) atoms. The summed E-state index contributed by atoms with van der Waals surface area (Å²) in [6.07, 6.45) is 1.75. The van der Waals surface area contributed by atoms with Crippen LogP contribution in [0, 0.1) is 5.82 Å². The van der Waals surface area contributed by atoms with Gasteiger partial charge in [-0.25, -0.2) is 9.37 Å². The van der Waals surface area contributed by atoms with Crippen molar-refractivity contribution in [3.8, 4) is 11.6 Å². The molecule has 0 aliphatic heterocycles. The van der Waals surface area contributed by atoms with Gasteiger partial charge in [-0.05, 0) is 57.5 Å². The van der Waals surface area contributed by atoms with E-state index in [9.17, 15) is 4.39 Å². The average Bonchev–Trinajstić information content (AvgIpc) is 2.69. The van der Waals surface area contributed by atoms with E-state index in [-0.39, 0.29) is 29.8 Å². The number of ether oxygens (including phenoxy) is 1. The Kier molecular flexibility index (Phi) is 11.6. The van der Waals surface area contributed by atoms with Crippen molar-refractivity contribution in [2.45, 2.75) is 46.3 Å². The number of nitrogens with zero attached hydrogens (tertiary/aromatic N) is 3. The highest BCUT2D eigenvalue weighted by Gasteiger charge is 2.12. The zero-order valence-electron chi connectivity index (χ0n) is 18.4. The highest BCUT2D eigenvalue weighted by Crippen LogP contribution is 2.19. The summed E-state index contributed by atoms with van der Waals surface area (Å²) in [5.74, 6) is 1.47. The van der Waals surface area contributed by atoms with Gasteiger partial charge in [0.15, 0.2) is 5.96 Å². The van der Waals surface area contributed by atoms with Gasteiger partial charge in [-0.1, -0.05) is 6.07 Å². The first-order chi connectivity index (χ1) is 13.9. The minimum absolute atomic E-state index is 0. The van der Waals surface area contributed by atoms with Crippen LogP contribution in [0.15, 0.2) is 47.6 Å². The SMILES string of the molecule is CN=C(NCCN(C(C)C)C(C)C)NCc1ccc(Oc2ccc(F)cc2)nc1.I. The Bertz CT molecular complexity index is 758. The van der Waals surface area contributed by atoms with Crippen LogP contribution in [0.2, 0.25) is 0 Å². The van der Waals surface area contributed by atoms with Crippen molar-refractivity contribution in [3.05, 3.63) is 54.0 Å². The van der Waals surface area contributed by atoms with Crippen LogP contribution in [-0.2, 0) is 6.54 Å². The lowest BCUT2D eigenvalue weighted by Crippen LogP contribution is -2.45. The molecule has 1 aromatic carbocycles. The second-order valence-corrected chi connectivity index (χ2v) is 7.34. The minimum Gasteiger partial charge on any atom is -0.439 e. The van der Waals surface area contributed by atoms with Crippen LogP contribution in [-0.4, -0.2) is 48.1 Å². The smallest absolute Gasteiger partial charge is 0.219 e. The molecule has 1 heterocycles. The highest BCUT2D eigenvalue weighted by molar-refractivity contribution is 14.0. The van der Waals surface area contributed by atoms with Crippen molar-refractivity contribution in [1.82, 2.24) is 20.5 Å². The van der Waals surface area contributed by atoms with Crippen LogP contribution in [0.1, 0.15) is 33.3 Å². The lowest BCUT2D eigenvalue weighted by Gasteiger charge is -2.30. The minimum atomic E-state index is -0.296. The molecule has 6 nitrogen and oxygen atoms in total. The van der Waals surface area contributed by atoms with Crippen molar-refractivity contribution in [2.24, 2.45) is 4.99 Å². The van der Waals surface area contributed by atoms with E-state index in [1.54, 1.807) is 31.4 Å². The molecule has 0 aliphatic rings. The predicted octanol–water partition coefficient (Wildman–Crippen LogP) is 4.41. The van der Waals surface area contributed by atoms with Crippen molar-refractivity contribution >= 4 is 29.9 Å². The molecule has 0 bridgehead atoms. The first kappa shape index (κ1) is 26.1. The van der Waals surface area contributed by atoms with Gasteiger partial charge < -0.3 is 15.4 Å². The van der Waals surface area contributed by atoms with Gasteiger partial charge in [-0.3, -0.25) is 9.89 Å². The Morgan fingerprint density at radius 1 is 1.07 bits per heavy atom. The molecule has 0 saturated carbocycles. The molecule has 0 atom stereocenters. The van der Waals surface area contributed by atoms with E-state index in [1.165, 1.54) is 12.1 Å². The van der Waals surface area contributed by atoms with Crippen LogP contribution in [0.25, 0.3) is 0 Å². The van der Waals surface area contributed by atoms with Gasteiger partial charge in [0.1, 0.15) is 11.6 Å². The summed E-state index contributed by atoms with van der Waals surface area (Å²) in [5, 5.41) is 6.64. The number of benzene rings is 1. The van der Waals surface area contributed by atoms with Gasteiger partial charge in [0.2, 0.25) is 5.88 Å². The van der Waals surface area contributed by atoms with E-state index in [0.29, 0.717) is 30.3 Å². The maximum atomic E-state index is 12.9. The van der Waals surface area contributed by atoms with Gasteiger partial charge in [0.25, 0.3) is 0 Å². The standard InChI is InChI=1S/C22H32FN5O.HI/c1-16(2)28(17(3)4)13-12-25-22(24-5)27-15-18-6-11-21(26-14-18)29-20-9-7-19(23)8-10-20;/h6-11,14,16-17H,12-13,15H2,1-5H3,(H2,24,25,27);1H. The number of halogens is 2. The quantitative estimate of drug-likeness (QED) is 0.286. The second kappa shape index (κ2) is 13.4. The van der Waals surface area contributed by atoms with E-state index in [0.717, 1.165) is 24.6 Å². The first-order valence-corrected chi connectivity index (χ1v) is 9.97. The van der Waals surface area contributed by atoms with E-state index in [2.05, 4.69) is 53.2 Å².